The molecule has 166 valence electrons. The van der Waals surface area contributed by atoms with Gasteiger partial charge < -0.3 is 19.5 Å². The Balaban J connectivity index is 2.18. The van der Waals surface area contributed by atoms with Crippen LogP contribution in [0.2, 0.25) is 0 Å². The average molecular weight is 427 g/mol. The number of benzene rings is 2. The van der Waals surface area contributed by atoms with Crippen molar-refractivity contribution in [3.05, 3.63) is 42.0 Å². The summed E-state index contributed by atoms with van der Waals surface area (Å²) in [5.74, 6) is 1.19. The average Bonchev–Trinajstić information content (AvgIpc) is 2.72. The molecule has 0 saturated heterocycles. The predicted molar refractivity (Wildman–Crippen MR) is 120 cm³/mol. The minimum Gasteiger partial charge on any atom is -0.493 e. The maximum atomic E-state index is 12.4. The SMILES string of the molecule is COc1ccc(-c2ccc3c(c2)[C@H](N(C(=O)O)C(C)C)C[C@H](C)N3C(C)=O)cc1OC. The van der Waals surface area contributed by atoms with E-state index in [9.17, 15) is 14.7 Å². The summed E-state index contributed by atoms with van der Waals surface area (Å²) in [6.07, 6.45) is -0.433. The Kier molecular flexibility index (Phi) is 6.43. The summed E-state index contributed by atoms with van der Waals surface area (Å²) in [6, 6.07) is 10.9. The van der Waals surface area contributed by atoms with Crippen LogP contribution >= 0.6 is 0 Å². The lowest BCUT2D eigenvalue weighted by Gasteiger charge is -2.43. The van der Waals surface area contributed by atoms with E-state index in [1.807, 2.05) is 57.2 Å². The van der Waals surface area contributed by atoms with Crippen LogP contribution in [0.3, 0.4) is 0 Å². The first-order chi connectivity index (χ1) is 14.7. The van der Waals surface area contributed by atoms with E-state index in [4.69, 9.17) is 9.47 Å². The van der Waals surface area contributed by atoms with Crippen molar-refractivity contribution in [2.24, 2.45) is 0 Å². The molecule has 0 aliphatic carbocycles. The second-order valence-electron chi connectivity index (χ2n) is 8.12. The zero-order valence-corrected chi connectivity index (χ0v) is 18.9. The highest BCUT2D eigenvalue weighted by Gasteiger charge is 2.38. The molecule has 2 amide bonds. The quantitative estimate of drug-likeness (QED) is 0.732. The van der Waals surface area contributed by atoms with Gasteiger partial charge in [-0.05, 0) is 68.1 Å². The van der Waals surface area contributed by atoms with Gasteiger partial charge in [-0.3, -0.25) is 9.69 Å². The maximum absolute atomic E-state index is 12.4. The highest BCUT2D eigenvalue weighted by molar-refractivity contribution is 5.94. The first kappa shape index (κ1) is 22.5. The summed E-state index contributed by atoms with van der Waals surface area (Å²) in [4.78, 5) is 27.7. The minimum atomic E-state index is -0.967. The molecule has 1 aliphatic rings. The molecule has 0 bridgehead atoms. The molecule has 7 nitrogen and oxygen atoms in total. The van der Waals surface area contributed by atoms with Crippen molar-refractivity contribution >= 4 is 17.7 Å². The number of carbonyl (C=O) groups is 2. The number of hydrogen-bond acceptors (Lipinski definition) is 4. The molecule has 0 radical (unpaired) electrons. The van der Waals surface area contributed by atoms with Crippen LogP contribution in [0, 0.1) is 0 Å². The van der Waals surface area contributed by atoms with Gasteiger partial charge in [-0.25, -0.2) is 4.79 Å². The summed E-state index contributed by atoms with van der Waals surface area (Å²) < 4.78 is 10.8. The van der Waals surface area contributed by atoms with E-state index in [1.54, 1.807) is 26.0 Å². The van der Waals surface area contributed by atoms with Crippen molar-refractivity contribution < 1.29 is 24.2 Å². The third-order valence-corrected chi connectivity index (χ3v) is 5.82. The number of ether oxygens (including phenoxy) is 2. The Bertz CT molecular complexity index is 988. The van der Waals surface area contributed by atoms with Gasteiger partial charge in [0.15, 0.2) is 11.5 Å². The molecule has 2 aromatic carbocycles. The van der Waals surface area contributed by atoms with E-state index in [0.29, 0.717) is 17.9 Å². The molecule has 1 heterocycles. The molecule has 0 saturated carbocycles. The Morgan fingerprint density at radius 1 is 1.06 bits per heavy atom. The summed E-state index contributed by atoms with van der Waals surface area (Å²) >= 11 is 0. The van der Waals surface area contributed by atoms with E-state index in [1.165, 1.54) is 4.90 Å². The number of methoxy groups -OCH3 is 2. The Labute approximate surface area is 183 Å². The number of nitrogens with zero attached hydrogens (tertiary/aromatic N) is 2. The highest BCUT2D eigenvalue weighted by atomic mass is 16.5. The molecular formula is C24H30N2O5. The predicted octanol–water partition coefficient (Wildman–Crippen LogP) is 4.95. The van der Waals surface area contributed by atoms with Crippen molar-refractivity contribution in [2.45, 2.75) is 52.2 Å². The van der Waals surface area contributed by atoms with Gasteiger partial charge in [-0.15, -0.1) is 0 Å². The first-order valence-corrected chi connectivity index (χ1v) is 10.4. The lowest BCUT2D eigenvalue weighted by molar-refractivity contribution is -0.117. The van der Waals surface area contributed by atoms with Gasteiger partial charge in [-0.2, -0.15) is 0 Å². The van der Waals surface area contributed by atoms with E-state index in [-0.39, 0.29) is 24.0 Å². The minimum absolute atomic E-state index is 0.0579. The number of fused-ring (bicyclic) bond motifs is 1. The third kappa shape index (κ3) is 4.17. The topological polar surface area (TPSA) is 79.3 Å². The van der Waals surface area contributed by atoms with Gasteiger partial charge in [0.05, 0.1) is 20.3 Å². The highest BCUT2D eigenvalue weighted by Crippen LogP contribution is 2.43. The molecule has 0 spiro atoms. The zero-order valence-electron chi connectivity index (χ0n) is 18.9. The van der Waals surface area contributed by atoms with E-state index >= 15 is 0 Å². The van der Waals surface area contributed by atoms with Gasteiger partial charge in [0, 0.05) is 24.7 Å². The monoisotopic (exact) mass is 426 g/mol. The Morgan fingerprint density at radius 3 is 2.23 bits per heavy atom. The Morgan fingerprint density at radius 2 is 1.68 bits per heavy atom. The van der Waals surface area contributed by atoms with Crippen molar-refractivity contribution in [2.75, 3.05) is 19.1 Å². The third-order valence-electron chi connectivity index (χ3n) is 5.82. The first-order valence-electron chi connectivity index (χ1n) is 10.4. The molecule has 0 fully saturated rings. The molecule has 1 N–H and O–H groups in total. The molecule has 7 heteroatoms. The number of hydrogen-bond donors (Lipinski definition) is 1. The van der Waals surface area contributed by atoms with Crippen molar-refractivity contribution in [3.63, 3.8) is 0 Å². The lowest BCUT2D eigenvalue weighted by Crippen LogP contribution is -2.48. The standard InChI is InChI=1S/C24H30N2O5/c1-14(2)25(24(28)29)21-11-15(3)26(16(4)27)20-9-7-17(12-19(20)21)18-8-10-22(30-5)23(13-18)31-6/h7-10,12-15,21H,11H2,1-6H3,(H,28,29)/t15-,21+/m0/s1. The van der Waals surface area contributed by atoms with Crippen LogP contribution < -0.4 is 14.4 Å². The largest absolute Gasteiger partial charge is 0.493 e. The zero-order chi connectivity index (χ0) is 22.9. The maximum Gasteiger partial charge on any atom is 0.408 e. The van der Waals surface area contributed by atoms with Crippen LogP contribution in [0.15, 0.2) is 36.4 Å². The summed E-state index contributed by atoms with van der Waals surface area (Å²) in [5.41, 5.74) is 3.42. The number of amides is 2. The molecule has 0 unspecified atom stereocenters. The van der Waals surface area contributed by atoms with Crippen molar-refractivity contribution in [1.29, 1.82) is 0 Å². The van der Waals surface area contributed by atoms with Gasteiger partial charge in [0.1, 0.15) is 0 Å². The second-order valence-corrected chi connectivity index (χ2v) is 8.12. The van der Waals surface area contributed by atoms with Crippen LogP contribution in [0.1, 0.15) is 45.7 Å². The van der Waals surface area contributed by atoms with Gasteiger partial charge in [0.25, 0.3) is 0 Å². The van der Waals surface area contributed by atoms with Crippen LogP contribution in [-0.4, -0.2) is 48.3 Å². The van der Waals surface area contributed by atoms with Gasteiger partial charge in [0.2, 0.25) is 5.91 Å². The molecule has 3 rings (SSSR count). The van der Waals surface area contributed by atoms with Gasteiger partial charge in [-0.1, -0.05) is 12.1 Å². The second kappa shape index (κ2) is 8.88. The molecule has 1 aliphatic heterocycles. The number of rotatable bonds is 5. The summed E-state index contributed by atoms with van der Waals surface area (Å²) in [6.45, 7) is 7.24. The molecule has 31 heavy (non-hydrogen) atoms. The fourth-order valence-electron chi connectivity index (χ4n) is 4.49. The van der Waals surface area contributed by atoms with Gasteiger partial charge >= 0.3 is 6.09 Å². The number of carboxylic acid groups (broad SMARTS) is 1. The number of carbonyl (C=O) groups excluding carboxylic acids is 1. The Hall–Kier alpha value is -3.22. The van der Waals surface area contributed by atoms with E-state index in [0.717, 1.165) is 22.4 Å². The molecular weight excluding hydrogens is 396 g/mol. The van der Waals surface area contributed by atoms with E-state index < -0.39 is 6.09 Å². The van der Waals surface area contributed by atoms with E-state index in [2.05, 4.69) is 0 Å². The molecule has 0 aromatic heterocycles. The van der Waals surface area contributed by atoms with Crippen molar-refractivity contribution in [1.82, 2.24) is 4.90 Å². The summed E-state index contributed by atoms with van der Waals surface area (Å²) in [7, 11) is 3.18. The van der Waals surface area contributed by atoms with Crippen LogP contribution in [0.4, 0.5) is 10.5 Å². The summed E-state index contributed by atoms with van der Waals surface area (Å²) in [5, 5.41) is 9.91. The molecule has 2 atom stereocenters. The fraction of sp³-hybridized carbons (Fsp3) is 0.417. The number of anilines is 1. The van der Waals surface area contributed by atoms with Crippen LogP contribution in [0.5, 0.6) is 11.5 Å². The lowest BCUT2D eigenvalue weighted by atomic mass is 9.87. The smallest absolute Gasteiger partial charge is 0.408 e. The van der Waals surface area contributed by atoms with Crippen molar-refractivity contribution in [3.8, 4) is 22.6 Å². The fourth-order valence-corrected chi connectivity index (χ4v) is 4.49. The van der Waals surface area contributed by atoms with Crippen LogP contribution in [0.25, 0.3) is 11.1 Å². The molecule has 2 aromatic rings. The normalized spacial score (nSPS) is 17.8. The van der Waals surface area contributed by atoms with Crippen LogP contribution in [-0.2, 0) is 4.79 Å².